The van der Waals surface area contributed by atoms with Gasteiger partial charge in [0.1, 0.15) is 5.82 Å². The number of hydrogen-bond donors (Lipinski definition) is 0. The van der Waals surface area contributed by atoms with Crippen molar-refractivity contribution in [3.8, 4) is 0 Å². The largest absolute Gasteiger partial charge is 0.300 e. The van der Waals surface area contributed by atoms with Crippen LogP contribution in [0.1, 0.15) is 49.9 Å². The first-order chi connectivity index (χ1) is 9.56. The van der Waals surface area contributed by atoms with Gasteiger partial charge >= 0.3 is 0 Å². The van der Waals surface area contributed by atoms with Crippen molar-refractivity contribution in [2.75, 3.05) is 13.1 Å². The Hall–Kier alpha value is -1.22. The first kappa shape index (κ1) is 15.2. The average molecular weight is 277 g/mol. The molecule has 20 heavy (non-hydrogen) atoms. The van der Waals surface area contributed by atoms with Gasteiger partial charge in [-0.1, -0.05) is 6.92 Å². The maximum absolute atomic E-state index is 12.8. The lowest BCUT2D eigenvalue weighted by molar-refractivity contribution is 0.0949. The first-order valence-corrected chi connectivity index (χ1v) is 7.59. The van der Waals surface area contributed by atoms with E-state index in [0.717, 1.165) is 25.4 Å². The van der Waals surface area contributed by atoms with Crippen molar-refractivity contribution in [3.63, 3.8) is 0 Å². The van der Waals surface area contributed by atoms with Crippen molar-refractivity contribution in [2.45, 2.75) is 45.6 Å². The van der Waals surface area contributed by atoms with Crippen molar-refractivity contribution < 1.29 is 9.18 Å². The van der Waals surface area contributed by atoms with Crippen LogP contribution in [-0.2, 0) is 0 Å². The molecule has 1 aromatic carbocycles. The van der Waals surface area contributed by atoms with Crippen molar-refractivity contribution in [1.29, 1.82) is 0 Å². The van der Waals surface area contributed by atoms with E-state index in [-0.39, 0.29) is 11.6 Å². The molecule has 1 aromatic rings. The summed E-state index contributed by atoms with van der Waals surface area (Å²) in [5.41, 5.74) is 0.617. The van der Waals surface area contributed by atoms with Crippen LogP contribution in [0.5, 0.6) is 0 Å². The molecule has 1 heterocycles. The standard InChI is InChI=1S/C17H24FNO/c1-13-5-6-14(2)19(12-13)11-3-4-17(20)15-7-9-16(18)10-8-15/h7-10,13-14H,3-6,11-12H2,1-2H3. The highest BCUT2D eigenvalue weighted by Gasteiger charge is 2.22. The van der Waals surface area contributed by atoms with Crippen molar-refractivity contribution in [1.82, 2.24) is 4.90 Å². The molecule has 1 aliphatic rings. The number of halogens is 1. The fourth-order valence-corrected chi connectivity index (χ4v) is 2.91. The molecule has 3 heteroatoms. The van der Waals surface area contributed by atoms with E-state index in [1.165, 1.54) is 25.0 Å². The summed E-state index contributed by atoms with van der Waals surface area (Å²) < 4.78 is 12.8. The first-order valence-electron chi connectivity index (χ1n) is 7.59. The SMILES string of the molecule is CC1CCC(C)N(CCCC(=O)c2ccc(F)cc2)C1. The Morgan fingerprint density at radius 3 is 2.65 bits per heavy atom. The highest BCUT2D eigenvalue weighted by Crippen LogP contribution is 2.21. The maximum Gasteiger partial charge on any atom is 0.162 e. The number of nitrogens with zero attached hydrogens (tertiary/aromatic N) is 1. The molecule has 1 fully saturated rings. The number of hydrogen-bond acceptors (Lipinski definition) is 2. The number of benzene rings is 1. The minimum atomic E-state index is -0.294. The Labute approximate surface area is 121 Å². The lowest BCUT2D eigenvalue weighted by atomic mass is 9.94. The molecule has 0 radical (unpaired) electrons. The summed E-state index contributed by atoms with van der Waals surface area (Å²) in [6, 6.07) is 6.47. The minimum absolute atomic E-state index is 0.114. The molecular formula is C17H24FNO. The summed E-state index contributed by atoms with van der Waals surface area (Å²) in [6.07, 6.45) is 4.00. The molecule has 0 aliphatic carbocycles. The Balaban J connectivity index is 1.77. The quantitative estimate of drug-likeness (QED) is 0.761. The Morgan fingerprint density at radius 2 is 1.95 bits per heavy atom. The number of rotatable bonds is 5. The van der Waals surface area contributed by atoms with Gasteiger partial charge in [0.25, 0.3) is 0 Å². The van der Waals surface area contributed by atoms with Crippen LogP contribution >= 0.6 is 0 Å². The van der Waals surface area contributed by atoms with Gasteiger partial charge in [-0.3, -0.25) is 4.79 Å². The van der Waals surface area contributed by atoms with Gasteiger partial charge < -0.3 is 4.90 Å². The third-order valence-electron chi connectivity index (χ3n) is 4.26. The molecular weight excluding hydrogens is 253 g/mol. The highest BCUT2D eigenvalue weighted by atomic mass is 19.1. The molecule has 1 aliphatic heterocycles. The van der Waals surface area contributed by atoms with Gasteiger partial charge in [-0.25, -0.2) is 4.39 Å². The molecule has 0 amide bonds. The summed E-state index contributed by atoms with van der Waals surface area (Å²) in [4.78, 5) is 14.5. The van der Waals surface area contributed by atoms with E-state index in [1.807, 2.05) is 0 Å². The summed E-state index contributed by atoms with van der Waals surface area (Å²) in [7, 11) is 0. The second kappa shape index (κ2) is 6.98. The second-order valence-electron chi connectivity index (χ2n) is 6.06. The van der Waals surface area contributed by atoms with Crippen LogP contribution < -0.4 is 0 Å². The zero-order valence-electron chi connectivity index (χ0n) is 12.4. The van der Waals surface area contributed by atoms with Crippen molar-refractivity contribution >= 4 is 5.78 Å². The van der Waals surface area contributed by atoms with Gasteiger partial charge in [-0.05, 0) is 62.9 Å². The van der Waals surface area contributed by atoms with Gasteiger partial charge in [0.15, 0.2) is 5.78 Å². The normalized spacial score (nSPS) is 23.8. The van der Waals surface area contributed by atoms with Gasteiger partial charge in [0, 0.05) is 24.6 Å². The van der Waals surface area contributed by atoms with E-state index >= 15 is 0 Å². The highest BCUT2D eigenvalue weighted by molar-refractivity contribution is 5.95. The van der Waals surface area contributed by atoms with E-state index in [2.05, 4.69) is 18.7 Å². The molecule has 2 nitrogen and oxygen atoms in total. The summed E-state index contributed by atoms with van der Waals surface area (Å²) in [5, 5.41) is 0. The zero-order chi connectivity index (χ0) is 14.5. The Kier molecular flexibility index (Phi) is 5.30. The fourth-order valence-electron chi connectivity index (χ4n) is 2.91. The third kappa shape index (κ3) is 4.14. The maximum atomic E-state index is 12.8. The molecule has 1 saturated heterocycles. The molecule has 2 atom stereocenters. The topological polar surface area (TPSA) is 20.3 Å². The molecule has 0 bridgehead atoms. The Morgan fingerprint density at radius 1 is 1.25 bits per heavy atom. The predicted octanol–water partition coefficient (Wildman–Crippen LogP) is 3.91. The number of ketones is 1. The molecule has 2 unspecified atom stereocenters. The zero-order valence-corrected chi connectivity index (χ0v) is 12.4. The molecule has 0 N–H and O–H groups in total. The molecule has 110 valence electrons. The minimum Gasteiger partial charge on any atom is -0.300 e. The van der Waals surface area contributed by atoms with Crippen LogP contribution in [0.3, 0.4) is 0 Å². The van der Waals surface area contributed by atoms with Crippen LogP contribution in [0.25, 0.3) is 0 Å². The summed E-state index contributed by atoms with van der Waals surface area (Å²) >= 11 is 0. The summed E-state index contributed by atoms with van der Waals surface area (Å²) in [6.45, 7) is 6.70. The van der Waals surface area contributed by atoms with Crippen LogP contribution in [0, 0.1) is 11.7 Å². The predicted molar refractivity (Wildman–Crippen MR) is 79.4 cm³/mol. The lowest BCUT2D eigenvalue weighted by Crippen LogP contribution is -2.41. The third-order valence-corrected chi connectivity index (χ3v) is 4.26. The van der Waals surface area contributed by atoms with Crippen molar-refractivity contribution in [2.24, 2.45) is 5.92 Å². The van der Waals surface area contributed by atoms with Crippen molar-refractivity contribution in [3.05, 3.63) is 35.6 Å². The van der Waals surface area contributed by atoms with Crippen LogP contribution in [-0.4, -0.2) is 29.8 Å². The van der Waals surface area contributed by atoms with Crippen LogP contribution in [0.15, 0.2) is 24.3 Å². The molecule has 2 rings (SSSR count). The van der Waals surface area contributed by atoms with Gasteiger partial charge in [0.05, 0.1) is 0 Å². The number of Topliss-reactive ketones (excluding diaryl/α,β-unsaturated/α-hetero) is 1. The fraction of sp³-hybridized carbons (Fsp3) is 0.588. The van der Waals surface area contributed by atoms with Gasteiger partial charge in [-0.15, -0.1) is 0 Å². The van der Waals surface area contributed by atoms with Gasteiger partial charge in [0.2, 0.25) is 0 Å². The van der Waals surface area contributed by atoms with Crippen LogP contribution in [0.2, 0.25) is 0 Å². The number of piperidine rings is 1. The monoisotopic (exact) mass is 277 g/mol. The van der Waals surface area contributed by atoms with E-state index in [9.17, 15) is 9.18 Å². The van der Waals surface area contributed by atoms with E-state index in [4.69, 9.17) is 0 Å². The van der Waals surface area contributed by atoms with E-state index in [0.29, 0.717) is 18.0 Å². The van der Waals surface area contributed by atoms with E-state index < -0.39 is 0 Å². The molecule has 0 saturated carbocycles. The molecule has 0 spiro atoms. The number of carbonyl (C=O) groups excluding carboxylic acids is 1. The average Bonchev–Trinajstić information content (AvgIpc) is 2.43. The molecule has 0 aromatic heterocycles. The smallest absolute Gasteiger partial charge is 0.162 e. The second-order valence-corrected chi connectivity index (χ2v) is 6.06. The van der Waals surface area contributed by atoms with Crippen LogP contribution in [0.4, 0.5) is 4.39 Å². The number of carbonyl (C=O) groups is 1. The summed E-state index contributed by atoms with van der Waals surface area (Å²) in [5.74, 6) is 0.583. The number of likely N-dealkylation sites (tertiary alicyclic amines) is 1. The Bertz CT molecular complexity index is 443. The lowest BCUT2D eigenvalue weighted by Gasteiger charge is -2.36. The van der Waals surface area contributed by atoms with Gasteiger partial charge in [-0.2, -0.15) is 0 Å². The van der Waals surface area contributed by atoms with E-state index in [1.54, 1.807) is 12.1 Å².